The van der Waals surface area contributed by atoms with Gasteiger partial charge >= 0.3 is 0 Å². The van der Waals surface area contributed by atoms with Crippen LogP contribution >= 0.6 is 22.9 Å². The first-order valence-electron chi connectivity index (χ1n) is 5.03. The number of thiophene rings is 1. The summed E-state index contributed by atoms with van der Waals surface area (Å²) in [7, 11) is 1.97. The molecule has 4 heteroatoms. The fourth-order valence-electron chi connectivity index (χ4n) is 1.24. The Morgan fingerprint density at radius 3 is 2.73 bits per heavy atom. The predicted molar refractivity (Wildman–Crippen MR) is 66.0 cm³/mol. The molecule has 0 saturated carbocycles. The Labute approximate surface area is 99.9 Å². The predicted octanol–water partition coefficient (Wildman–Crippen LogP) is 3.31. The SMILES string of the molecule is CCC(C)N(C)CC(=O)c1ccc(Cl)s1. The van der Waals surface area contributed by atoms with Crippen molar-refractivity contribution in [3.05, 3.63) is 21.3 Å². The lowest BCUT2D eigenvalue weighted by Crippen LogP contribution is -2.33. The number of hydrogen-bond donors (Lipinski definition) is 0. The molecule has 0 saturated heterocycles. The largest absolute Gasteiger partial charge is 0.296 e. The maximum Gasteiger partial charge on any atom is 0.186 e. The second-order valence-electron chi connectivity index (χ2n) is 3.70. The molecular weight excluding hydrogens is 230 g/mol. The molecule has 1 heterocycles. The first-order chi connectivity index (χ1) is 7.04. The Kier molecular flexibility index (Phi) is 4.77. The standard InChI is InChI=1S/C11H16ClNOS/c1-4-8(2)13(3)7-9(14)10-5-6-11(12)15-10/h5-6,8H,4,7H2,1-3H3. The molecule has 1 atom stereocenters. The van der Waals surface area contributed by atoms with Gasteiger partial charge in [-0.15, -0.1) is 11.3 Å². The van der Waals surface area contributed by atoms with Crippen molar-refractivity contribution in [2.45, 2.75) is 26.3 Å². The molecule has 0 aliphatic rings. The first kappa shape index (κ1) is 12.7. The lowest BCUT2D eigenvalue weighted by Gasteiger charge is -2.22. The Morgan fingerprint density at radius 2 is 2.27 bits per heavy atom. The zero-order valence-corrected chi connectivity index (χ0v) is 10.9. The number of ketones is 1. The minimum Gasteiger partial charge on any atom is -0.296 e. The second-order valence-corrected chi connectivity index (χ2v) is 5.41. The molecule has 0 spiro atoms. The van der Waals surface area contributed by atoms with E-state index in [2.05, 4.69) is 18.7 Å². The number of halogens is 1. The van der Waals surface area contributed by atoms with Crippen molar-refractivity contribution in [2.75, 3.05) is 13.6 Å². The molecule has 1 aromatic rings. The highest BCUT2D eigenvalue weighted by molar-refractivity contribution is 7.18. The number of carbonyl (C=O) groups is 1. The molecule has 0 aliphatic heterocycles. The molecule has 1 rings (SSSR count). The van der Waals surface area contributed by atoms with Crippen LogP contribution in [0.15, 0.2) is 12.1 Å². The van der Waals surface area contributed by atoms with Gasteiger partial charge in [0.2, 0.25) is 0 Å². The van der Waals surface area contributed by atoms with Gasteiger partial charge in [-0.2, -0.15) is 0 Å². The summed E-state index contributed by atoms with van der Waals surface area (Å²) < 4.78 is 0.671. The molecule has 2 nitrogen and oxygen atoms in total. The number of carbonyl (C=O) groups excluding carboxylic acids is 1. The number of likely N-dealkylation sites (N-methyl/N-ethyl adjacent to an activating group) is 1. The van der Waals surface area contributed by atoms with Crippen LogP contribution in [0.3, 0.4) is 0 Å². The zero-order valence-electron chi connectivity index (χ0n) is 9.29. The van der Waals surface area contributed by atoms with Crippen LogP contribution < -0.4 is 0 Å². The highest BCUT2D eigenvalue weighted by atomic mass is 35.5. The van der Waals surface area contributed by atoms with Crippen LogP contribution in [-0.4, -0.2) is 30.3 Å². The molecule has 1 aromatic heterocycles. The van der Waals surface area contributed by atoms with Crippen molar-refractivity contribution in [1.29, 1.82) is 0 Å². The van der Waals surface area contributed by atoms with E-state index in [4.69, 9.17) is 11.6 Å². The molecule has 0 aromatic carbocycles. The Hall–Kier alpha value is -0.380. The van der Waals surface area contributed by atoms with Gasteiger partial charge in [-0.05, 0) is 32.5 Å². The summed E-state index contributed by atoms with van der Waals surface area (Å²) in [4.78, 5) is 14.6. The Morgan fingerprint density at radius 1 is 1.60 bits per heavy atom. The van der Waals surface area contributed by atoms with E-state index in [0.29, 0.717) is 16.9 Å². The van der Waals surface area contributed by atoms with Gasteiger partial charge in [-0.25, -0.2) is 0 Å². The van der Waals surface area contributed by atoms with Crippen molar-refractivity contribution in [3.8, 4) is 0 Å². The monoisotopic (exact) mass is 245 g/mol. The summed E-state index contributed by atoms with van der Waals surface area (Å²) in [6.07, 6.45) is 1.05. The van der Waals surface area contributed by atoms with Crippen LogP contribution in [0, 0.1) is 0 Å². The summed E-state index contributed by atoms with van der Waals surface area (Å²) in [5, 5.41) is 0. The lowest BCUT2D eigenvalue weighted by atomic mass is 10.2. The van der Waals surface area contributed by atoms with Gasteiger partial charge in [0.05, 0.1) is 15.8 Å². The average Bonchev–Trinajstić information content (AvgIpc) is 2.63. The van der Waals surface area contributed by atoms with Gasteiger partial charge in [-0.3, -0.25) is 9.69 Å². The van der Waals surface area contributed by atoms with Crippen LogP contribution in [0.25, 0.3) is 0 Å². The molecule has 15 heavy (non-hydrogen) atoms. The van der Waals surface area contributed by atoms with E-state index < -0.39 is 0 Å². The second kappa shape index (κ2) is 5.64. The smallest absolute Gasteiger partial charge is 0.186 e. The van der Waals surface area contributed by atoms with Gasteiger partial charge < -0.3 is 0 Å². The third-order valence-electron chi connectivity index (χ3n) is 2.58. The molecular formula is C11H16ClNOS. The van der Waals surface area contributed by atoms with Crippen molar-refractivity contribution >= 4 is 28.7 Å². The van der Waals surface area contributed by atoms with Crippen LogP contribution in [-0.2, 0) is 0 Å². The van der Waals surface area contributed by atoms with Crippen LogP contribution in [0.2, 0.25) is 4.34 Å². The van der Waals surface area contributed by atoms with E-state index in [9.17, 15) is 4.79 Å². The molecule has 0 bridgehead atoms. The summed E-state index contributed by atoms with van der Waals surface area (Å²) in [5.41, 5.74) is 0. The van der Waals surface area contributed by atoms with Crippen molar-refractivity contribution in [2.24, 2.45) is 0 Å². The van der Waals surface area contributed by atoms with Crippen LogP contribution in [0.5, 0.6) is 0 Å². The van der Waals surface area contributed by atoms with Gasteiger partial charge in [-0.1, -0.05) is 18.5 Å². The summed E-state index contributed by atoms with van der Waals surface area (Å²) in [5.74, 6) is 0.148. The third-order valence-corrected chi connectivity index (χ3v) is 3.86. The van der Waals surface area contributed by atoms with Crippen molar-refractivity contribution in [3.63, 3.8) is 0 Å². The lowest BCUT2D eigenvalue weighted by molar-refractivity contribution is 0.0927. The minimum absolute atomic E-state index is 0.148. The fraction of sp³-hybridized carbons (Fsp3) is 0.545. The van der Waals surface area contributed by atoms with E-state index in [-0.39, 0.29) is 5.78 Å². The van der Waals surface area contributed by atoms with E-state index in [1.54, 1.807) is 12.1 Å². The molecule has 0 radical (unpaired) electrons. The maximum atomic E-state index is 11.8. The Bertz CT molecular complexity index is 337. The van der Waals surface area contributed by atoms with E-state index >= 15 is 0 Å². The van der Waals surface area contributed by atoms with Crippen LogP contribution in [0.4, 0.5) is 0 Å². The Balaban J connectivity index is 2.56. The molecule has 0 fully saturated rings. The van der Waals surface area contributed by atoms with Crippen molar-refractivity contribution < 1.29 is 4.79 Å². The summed E-state index contributed by atoms with van der Waals surface area (Å²) in [6.45, 7) is 4.70. The normalized spacial score (nSPS) is 13.1. The minimum atomic E-state index is 0.148. The summed E-state index contributed by atoms with van der Waals surface area (Å²) >= 11 is 7.13. The average molecular weight is 246 g/mol. The molecule has 1 unspecified atom stereocenters. The highest BCUT2D eigenvalue weighted by Gasteiger charge is 2.14. The number of nitrogens with zero attached hydrogens (tertiary/aromatic N) is 1. The molecule has 0 aliphatic carbocycles. The third kappa shape index (κ3) is 3.59. The van der Waals surface area contributed by atoms with Crippen LogP contribution in [0.1, 0.15) is 29.9 Å². The number of Topliss-reactive ketones (excluding diaryl/α,β-unsaturated/α-hetero) is 1. The maximum absolute atomic E-state index is 11.8. The summed E-state index contributed by atoms with van der Waals surface area (Å²) in [6, 6.07) is 3.99. The molecule has 0 N–H and O–H groups in total. The quantitative estimate of drug-likeness (QED) is 0.742. The van der Waals surface area contributed by atoms with Gasteiger partial charge in [0.1, 0.15) is 0 Å². The van der Waals surface area contributed by atoms with Gasteiger partial charge in [0.25, 0.3) is 0 Å². The molecule has 0 amide bonds. The fourth-order valence-corrected chi connectivity index (χ4v) is 2.21. The number of rotatable bonds is 5. The van der Waals surface area contributed by atoms with E-state index in [1.807, 2.05) is 7.05 Å². The van der Waals surface area contributed by atoms with E-state index in [0.717, 1.165) is 11.3 Å². The van der Waals surface area contributed by atoms with Crippen molar-refractivity contribution in [1.82, 2.24) is 4.90 Å². The van der Waals surface area contributed by atoms with E-state index in [1.165, 1.54) is 11.3 Å². The number of hydrogen-bond acceptors (Lipinski definition) is 3. The van der Waals surface area contributed by atoms with Gasteiger partial charge in [0, 0.05) is 6.04 Å². The molecule has 84 valence electrons. The topological polar surface area (TPSA) is 20.3 Å². The van der Waals surface area contributed by atoms with Gasteiger partial charge in [0.15, 0.2) is 5.78 Å². The highest BCUT2D eigenvalue weighted by Crippen LogP contribution is 2.22. The zero-order chi connectivity index (χ0) is 11.4. The first-order valence-corrected chi connectivity index (χ1v) is 6.22.